The van der Waals surface area contributed by atoms with Gasteiger partial charge in [-0.15, -0.1) is 0 Å². The summed E-state index contributed by atoms with van der Waals surface area (Å²) < 4.78 is 0.711. The van der Waals surface area contributed by atoms with Crippen LogP contribution in [0.2, 0.25) is 0 Å². The Labute approximate surface area is 61.9 Å². The summed E-state index contributed by atoms with van der Waals surface area (Å²) in [6, 6.07) is 0. The topological polar surface area (TPSA) is 0 Å². The number of hydrogen-bond acceptors (Lipinski definition) is 0. The molecular weight excluding hydrogens is 341 g/mol. The zero-order valence-corrected chi connectivity index (χ0v) is 7.97. The molecule has 2 radical (unpaired) electrons. The van der Waals surface area contributed by atoms with Gasteiger partial charge in [0.15, 0.2) is 0 Å². The van der Waals surface area contributed by atoms with Crippen LogP contribution < -0.4 is 0 Å². The Kier molecular flexibility index (Phi) is 4.84. The first-order valence-corrected chi connectivity index (χ1v) is 4.27. The van der Waals surface area contributed by atoms with Crippen molar-refractivity contribution in [3.05, 3.63) is 0 Å². The first-order chi connectivity index (χ1) is 1.73. The fraction of sp³-hybridized carbons (Fsp3) is 1.00. The zero-order valence-electron chi connectivity index (χ0n) is 1.78. The van der Waals surface area contributed by atoms with Crippen LogP contribution in [-0.2, 0) is 0 Å². The molecule has 0 aromatic heterocycles. The molecule has 0 unspecified atom stereocenters. The van der Waals surface area contributed by atoms with Gasteiger partial charge in [0.05, 0.1) is 0 Å². The first-order valence-electron chi connectivity index (χ1n) is 0.695. The molecule has 0 saturated heterocycles. The Balaban J connectivity index is 2.32. The van der Waals surface area contributed by atoms with E-state index in [1.807, 2.05) is 0 Å². The van der Waals surface area contributed by atoms with Crippen LogP contribution in [0, 0.1) is 0 Å². The van der Waals surface area contributed by atoms with Crippen LogP contribution in [0.5, 0.6) is 0 Å². The minimum absolute atomic E-state index is 0.711. The van der Waals surface area contributed by atoms with E-state index >= 15 is 0 Å². The fourth-order valence-corrected chi connectivity index (χ4v) is 0. The predicted octanol–water partition coefficient (Wildman–Crippen LogP) is 1.31. The van der Waals surface area contributed by atoms with E-state index in [4.69, 9.17) is 0 Å². The molecule has 0 aliphatic heterocycles. The Morgan fingerprint density at radius 3 is 1.50 bits per heavy atom. The third-order valence-corrected chi connectivity index (χ3v) is 0. The van der Waals surface area contributed by atoms with Gasteiger partial charge in [0.1, 0.15) is 0 Å². The van der Waals surface area contributed by atoms with Crippen molar-refractivity contribution in [2.75, 3.05) is 0 Å². The molecule has 0 bridgehead atoms. The van der Waals surface area contributed by atoms with Crippen LogP contribution >= 0.6 is 45.2 Å². The molecule has 0 nitrogen and oxygen atoms in total. The molecule has 0 saturated carbocycles. The number of halogens is 2. The van der Waals surface area contributed by atoms with E-state index in [0.717, 1.165) is 0 Å². The second-order valence-electron chi connectivity index (χ2n) is 0.278. The molecule has 0 spiro atoms. The molecule has 0 fully saturated rings. The normalized spacial score (nSPS) is 9.00. The van der Waals surface area contributed by atoms with Gasteiger partial charge in [0.25, 0.3) is 0 Å². The number of alkyl halides is 2. The van der Waals surface area contributed by atoms with E-state index < -0.39 is 0 Å². The monoisotopic (exact) mass is 342 g/mol. The van der Waals surface area contributed by atoms with Gasteiger partial charge in [-0.3, -0.25) is 0 Å². The average molecular weight is 342 g/mol. The van der Waals surface area contributed by atoms with Crippen molar-refractivity contribution in [2.24, 2.45) is 0 Å². The van der Waals surface area contributed by atoms with Crippen molar-refractivity contribution < 1.29 is 0 Å². The summed E-state index contributed by atoms with van der Waals surface area (Å²) in [5, 5.41) is 0. The third-order valence-electron chi connectivity index (χ3n) is 0. The second-order valence-corrected chi connectivity index (χ2v) is 10.5. The van der Waals surface area contributed by atoms with Crippen LogP contribution in [-0.4, -0.2) is 17.6 Å². The van der Waals surface area contributed by atoms with Gasteiger partial charge in [-0.1, -0.05) is 0 Å². The van der Waals surface area contributed by atoms with Crippen molar-refractivity contribution in [3.63, 3.8) is 0 Å². The van der Waals surface area contributed by atoms with Crippen LogP contribution in [0.4, 0.5) is 0 Å². The maximum absolute atomic E-state index is 2.51. The minimum atomic E-state index is 0.711. The molecule has 0 aliphatic rings. The van der Waals surface area contributed by atoms with Crippen molar-refractivity contribution in [3.8, 4) is 0 Å². The first kappa shape index (κ1) is 6.02. The fourth-order valence-electron chi connectivity index (χ4n) is 0. The van der Waals surface area contributed by atoms with Gasteiger partial charge < -0.3 is 0 Å². The predicted molar refractivity (Wildman–Crippen MR) is 37.6 cm³/mol. The SMILES string of the molecule is [As]C(I)I. The van der Waals surface area contributed by atoms with Crippen molar-refractivity contribution in [1.82, 2.24) is 0 Å². The summed E-state index contributed by atoms with van der Waals surface area (Å²) in [5.41, 5.74) is 0. The van der Waals surface area contributed by atoms with E-state index in [0.29, 0.717) is 0.719 Å². The molecule has 4 heavy (non-hydrogen) atoms. The Morgan fingerprint density at radius 1 is 1.50 bits per heavy atom. The molecule has 0 aliphatic carbocycles. The van der Waals surface area contributed by atoms with E-state index in [1.165, 1.54) is 0 Å². The van der Waals surface area contributed by atoms with Crippen LogP contribution in [0.25, 0.3) is 0 Å². The van der Waals surface area contributed by atoms with Crippen LogP contribution in [0.1, 0.15) is 0 Å². The molecule has 24 valence electrons. The van der Waals surface area contributed by atoms with E-state index in [1.54, 1.807) is 0 Å². The third kappa shape index (κ3) is 8.99. The van der Waals surface area contributed by atoms with Gasteiger partial charge in [-0.25, -0.2) is 0 Å². The number of rotatable bonds is 0. The summed E-state index contributed by atoms with van der Waals surface area (Å²) >= 11 is 7.11. The van der Waals surface area contributed by atoms with Gasteiger partial charge in [0, 0.05) is 0 Å². The van der Waals surface area contributed by atoms with Gasteiger partial charge >= 0.3 is 62.8 Å². The average Bonchev–Trinajstić information content (AvgIpc) is 0.811. The summed E-state index contributed by atoms with van der Waals surface area (Å²) in [4.78, 5) is 0. The van der Waals surface area contributed by atoms with Crippen molar-refractivity contribution in [1.29, 1.82) is 0 Å². The molecule has 0 amide bonds. The molecule has 0 atom stereocenters. The Morgan fingerprint density at radius 2 is 1.50 bits per heavy atom. The summed E-state index contributed by atoms with van der Waals surface area (Å²) in [7, 11) is 0. The Hall–Kier alpha value is 2.02. The van der Waals surface area contributed by atoms with E-state index in [-0.39, 0.29) is 0 Å². The summed E-state index contributed by atoms with van der Waals surface area (Å²) in [6.45, 7) is 0. The number of hydrogen-bond donors (Lipinski definition) is 0. The molecule has 0 rings (SSSR count). The summed E-state index contributed by atoms with van der Waals surface area (Å²) in [6.07, 6.45) is 0. The van der Waals surface area contributed by atoms with Gasteiger partial charge in [0.2, 0.25) is 0 Å². The van der Waals surface area contributed by atoms with E-state index in [2.05, 4.69) is 62.0 Å². The van der Waals surface area contributed by atoms with Gasteiger partial charge in [-0.05, 0) is 0 Å². The molecule has 0 heterocycles. The Bertz CT molecular complexity index is 10.8. The standard InChI is InChI=1S/CHAsI2/c2-1(3)4/h1H. The molecule has 0 aromatic rings. The van der Waals surface area contributed by atoms with Crippen molar-refractivity contribution >= 4 is 62.0 Å². The van der Waals surface area contributed by atoms with Gasteiger partial charge in [-0.2, -0.15) is 0 Å². The van der Waals surface area contributed by atoms with E-state index in [9.17, 15) is 0 Å². The quantitative estimate of drug-likeness (QED) is 0.354. The maximum atomic E-state index is 2.51. The van der Waals surface area contributed by atoms with Crippen molar-refractivity contribution in [2.45, 2.75) is 0.719 Å². The zero-order chi connectivity index (χ0) is 3.58. The molecule has 0 aromatic carbocycles. The molecule has 3 heteroatoms. The molecular formula is CHAsI2. The van der Waals surface area contributed by atoms with Crippen LogP contribution in [0.15, 0.2) is 0 Å². The summed E-state index contributed by atoms with van der Waals surface area (Å²) in [5.74, 6) is 0. The molecule has 0 N–H and O–H groups in total. The second kappa shape index (κ2) is 3.22. The van der Waals surface area contributed by atoms with Crippen LogP contribution in [0.3, 0.4) is 0 Å².